The number of carbonyl (C=O) groups is 1. The molecule has 1 amide bonds. The Balaban J connectivity index is 1.89. The second-order valence-corrected chi connectivity index (χ2v) is 5.81. The molecule has 0 spiro atoms. The van der Waals surface area contributed by atoms with Crippen LogP contribution in [0, 0.1) is 6.92 Å². The van der Waals surface area contributed by atoms with Crippen molar-refractivity contribution in [3.8, 4) is 17.2 Å². The maximum absolute atomic E-state index is 12.6. The maximum atomic E-state index is 12.6. The van der Waals surface area contributed by atoms with Crippen LogP contribution in [0.25, 0.3) is 5.69 Å². The van der Waals surface area contributed by atoms with E-state index in [1.807, 2.05) is 13.0 Å². The average molecular weight is 374 g/mol. The summed E-state index contributed by atoms with van der Waals surface area (Å²) in [4.78, 5) is 12.6. The normalized spacial score (nSPS) is 10.5. The Morgan fingerprint density at radius 1 is 1.19 bits per heavy atom. The van der Waals surface area contributed by atoms with Gasteiger partial charge in [-0.15, -0.1) is 5.10 Å². The van der Waals surface area contributed by atoms with Gasteiger partial charge < -0.3 is 14.8 Å². The van der Waals surface area contributed by atoms with Gasteiger partial charge in [-0.1, -0.05) is 17.7 Å². The molecule has 26 heavy (non-hydrogen) atoms. The summed E-state index contributed by atoms with van der Waals surface area (Å²) in [5.41, 5.74) is 2.66. The third kappa shape index (κ3) is 3.45. The van der Waals surface area contributed by atoms with Crippen LogP contribution in [0.2, 0.25) is 5.02 Å². The molecule has 134 valence electrons. The standard InChI is InChI=1S/C17H16ClN5O3/c1-10-4-5-12(8-14(10)23-9-19-21-22-23)20-17(24)11-6-13(18)16(26-3)15(7-11)25-2/h4-9H,1-3H3,(H,20,24). The number of halogens is 1. The van der Waals surface area contributed by atoms with E-state index in [1.165, 1.54) is 31.3 Å². The van der Waals surface area contributed by atoms with Gasteiger partial charge in [-0.2, -0.15) is 0 Å². The van der Waals surface area contributed by atoms with Gasteiger partial charge in [-0.25, -0.2) is 4.68 Å². The summed E-state index contributed by atoms with van der Waals surface area (Å²) >= 11 is 6.16. The van der Waals surface area contributed by atoms with Gasteiger partial charge in [0.15, 0.2) is 11.5 Å². The van der Waals surface area contributed by atoms with Gasteiger partial charge in [-0.3, -0.25) is 4.79 Å². The number of amides is 1. The number of nitrogens with zero attached hydrogens (tertiary/aromatic N) is 4. The summed E-state index contributed by atoms with van der Waals surface area (Å²) in [5.74, 6) is 0.421. The van der Waals surface area contributed by atoms with Crippen LogP contribution in [0.4, 0.5) is 5.69 Å². The molecule has 0 saturated carbocycles. The molecular formula is C17H16ClN5O3. The number of methoxy groups -OCH3 is 2. The maximum Gasteiger partial charge on any atom is 0.255 e. The number of aromatic nitrogens is 4. The SMILES string of the molecule is COc1cc(C(=O)Nc2ccc(C)c(-n3cnnn3)c2)cc(Cl)c1OC. The van der Waals surface area contributed by atoms with Crippen molar-refractivity contribution in [3.05, 3.63) is 52.8 Å². The second kappa shape index (κ2) is 7.40. The van der Waals surface area contributed by atoms with E-state index in [2.05, 4.69) is 20.8 Å². The lowest BCUT2D eigenvalue weighted by atomic mass is 10.1. The van der Waals surface area contributed by atoms with Crippen molar-refractivity contribution in [1.82, 2.24) is 20.2 Å². The number of benzene rings is 2. The summed E-state index contributed by atoms with van der Waals surface area (Å²) in [7, 11) is 2.96. The summed E-state index contributed by atoms with van der Waals surface area (Å²) in [6, 6.07) is 8.54. The summed E-state index contributed by atoms with van der Waals surface area (Å²) < 4.78 is 11.9. The molecule has 9 heteroatoms. The smallest absolute Gasteiger partial charge is 0.255 e. The number of hydrogen-bond donors (Lipinski definition) is 1. The van der Waals surface area contributed by atoms with Crippen molar-refractivity contribution in [1.29, 1.82) is 0 Å². The molecule has 1 aromatic heterocycles. The number of carbonyl (C=O) groups excluding carboxylic acids is 1. The van der Waals surface area contributed by atoms with Gasteiger partial charge in [-0.05, 0) is 47.2 Å². The van der Waals surface area contributed by atoms with Crippen LogP contribution in [0.5, 0.6) is 11.5 Å². The first kappa shape index (κ1) is 17.7. The minimum absolute atomic E-state index is 0.287. The molecular weight excluding hydrogens is 358 g/mol. The zero-order chi connectivity index (χ0) is 18.7. The van der Waals surface area contributed by atoms with Crippen LogP contribution in [0.1, 0.15) is 15.9 Å². The van der Waals surface area contributed by atoms with Crippen molar-refractivity contribution in [2.45, 2.75) is 6.92 Å². The molecule has 0 aliphatic heterocycles. The lowest BCUT2D eigenvalue weighted by Gasteiger charge is -2.13. The quantitative estimate of drug-likeness (QED) is 0.739. The van der Waals surface area contributed by atoms with E-state index < -0.39 is 0 Å². The molecule has 0 saturated heterocycles. The summed E-state index contributed by atoms with van der Waals surface area (Å²) in [6.07, 6.45) is 1.49. The molecule has 2 aromatic carbocycles. The van der Waals surface area contributed by atoms with Gasteiger partial charge in [0.05, 0.1) is 24.9 Å². The Bertz CT molecular complexity index is 944. The van der Waals surface area contributed by atoms with E-state index in [1.54, 1.807) is 18.2 Å². The lowest BCUT2D eigenvalue weighted by Crippen LogP contribution is -2.13. The number of tetrazole rings is 1. The monoisotopic (exact) mass is 373 g/mol. The molecule has 1 N–H and O–H groups in total. The molecule has 3 rings (SSSR count). The van der Waals surface area contributed by atoms with Crippen LogP contribution < -0.4 is 14.8 Å². The molecule has 0 fully saturated rings. The molecule has 8 nitrogen and oxygen atoms in total. The Morgan fingerprint density at radius 3 is 2.65 bits per heavy atom. The number of hydrogen-bond acceptors (Lipinski definition) is 6. The third-order valence-corrected chi connectivity index (χ3v) is 4.04. The van der Waals surface area contributed by atoms with Crippen LogP contribution in [0.3, 0.4) is 0 Å². The number of nitrogens with one attached hydrogen (secondary N) is 1. The highest BCUT2D eigenvalue weighted by Crippen LogP contribution is 2.36. The first-order chi connectivity index (χ1) is 12.5. The fourth-order valence-corrected chi connectivity index (χ4v) is 2.75. The number of ether oxygens (including phenoxy) is 2. The highest BCUT2D eigenvalue weighted by molar-refractivity contribution is 6.32. The third-order valence-electron chi connectivity index (χ3n) is 3.76. The lowest BCUT2D eigenvalue weighted by molar-refractivity contribution is 0.102. The van der Waals surface area contributed by atoms with E-state index >= 15 is 0 Å². The number of aryl methyl sites for hydroxylation is 1. The Hall–Kier alpha value is -3.13. The fraction of sp³-hybridized carbons (Fsp3) is 0.176. The van der Waals surface area contributed by atoms with E-state index in [0.717, 1.165) is 11.3 Å². The van der Waals surface area contributed by atoms with Gasteiger partial charge in [0.2, 0.25) is 0 Å². The Labute approximate surface area is 154 Å². The van der Waals surface area contributed by atoms with E-state index in [4.69, 9.17) is 21.1 Å². The molecule has 3 aromatic rings. The molecule has 0 atom stereocenters. The van der Waals surface area contributed by atoms with Gasteiger partial charge in [0.25, 0.3) is 5.91 Å². The van der Waals surface area contributed by atoms with Crippen LogP contribution in [0.15, 0.2) is 36.7 Å². The average Bonchev–Trinajstić information content (AvgIpc) is 3.16. The molecule has 0 unspecified atom stereocenters. The van der Waals surface area contributed by atoms with Gasteiger partial charge in [0.1, 0.15) is 6.33 Å². The van der Waals surface area contributed by atoms with Crippen molar-refractivity contribution in [2.75, 3.05) is 19.5 Å². The van der Waals surface area contributed by atoms with Crippen LogP contribution in [-0.4, -0.2) is 40.3 Å². The number of anilines is 1. The summed E-state index contributed by atoms with van der Waals surface area (Å²) in [5, 5.41) is 14.2. The second-order valence-electron chi connectivity index (χ2n) is 5.40. The molecule has 0 radical (unpaired) electrons. The predicted octanol–water partition coefficient (Wildman–Crippen LogP) is 2.89. The van der Waals surface area contributed by atoms with E-state index in [9.17, 15) is 4.79 Å². The Morgan fingerprint density at radius 2 is 2.00 bits per heavy atom. The fourth-order valence-electron chi connectivity index (χ4n) is 2.46. The molecule has 0 aliphatic rings. The zero-order valence-corrected chi connectivity index (χ0v) is 15.1. The number of rotatable bonds is 5. The van der Waals surface area contributed by atoms with Crippen molar-refractivity contribution >= 4 is 23.2 Å². The first-order valence-corrected chi connectivity index (χ1v) is 7.98. The molecule has 0 bridgehead atoms. The topological polar surface area (TPSA) is 91.2 Å². The molecule has 0 aliphatic carbocycles. The first-order valence-electron chi connectivity index (χ1n) is 7.60. The zero-order valence-electron chi connectivity index (χ0n) is 14.4. The van der Waals surface area contributed by atoms with E-state index in [-0.39, 0.29) is 10.9 Å². The molecule has 1 heterocycles. The van der Waals surface area contributed by atoms with Gasteiger partial charge >= 0.3 is 0 Å². The van der Waals surface area contributed by atoms with Crippen molar-refractivity contribution < 1.29 is 14.3 Å². The van der Waals surface area contributed by atoms with Crippen LogP contribution >= 0.6 is 11.6 Å². The summed E-state index contributed by atoms with van der Waals surface area (Å²) in [6.45, 7) is 1.93. The highest BCUT2D eigenvalue weighted by Gasteiger charge is 2.16. The van der Waals surface area contributed by atoms with Gasteiger partial charge in [0, 0.05) is 11.3 Å². The predicted molar refractivity (Wildman–Crippen MR) is 96.4 cm³/mol. The van der Waals surface area contributed by atoms with Crippen molar-refractivity contribution in [2.24, 2.45) is 0 Å². The van der Waals surface area contributed by atoms with E-state index in [0.29, 0.717) is 22.7 Å². The minimum atomic E-state index is -0.334. The van der Waals surface area contributed by atoms with Crippen LogP contribution in [-0.2, 0) is 0 Å². The largest absolute Gasteiger partial charge is 0.493 e. The minimum Gasteiger partial charge on any atom is -0.493 e. The van der Waals surface area contributed by atoms with Crippen molar-refractivity contribution in [3.63, 3.8) is 0 Å². The Kier molecular flexibility index (Phi) is 5.04. The highest BCUT2D eigenvalue weighted by atomic mass is 35.5.